The summed E-state index contributed by atoms with van der Waals surface area (Å²) in [6.07, 6.45) is 4.56. The van der Waals surface area contributed by atoms with Crippen LogP contribution in [0.4, 0.5) is 0 Å². The van der Waals surface area contributed by atoms with Gasteiger partial charge in [0, 0.05) is 32.1 Å². The van der Waals surface area contributed by atoms with E-state index in [1.54, 1.807) is 0 Å². The first kappa shape index (κ1) is 16.0. The van der Waals surface area contributed by atoms with Crippen LogP contribution in [-0.2, 0) is 4.79 Å². The number of rotatable bonds is 1. The van der Waals surface area contributed by atoms with Gasteiger partial charge in [0.1, 0.15) is 0 Å². The number of carbonyl (C=O) groups excluding carboxylic acids is 2. The minimum atomic E-state index is -0.150. The SMILES string of the molecule is Cc1ccc(C(=O)N2CCC[C@]3(CCCC(=O)N3C)C2)cc1C. The number of benzene rings is 1. The first-order chi connectivity index (χ1) is 10.9. The standard InChI is InChI=1S/C19H26N2O2/c1-14-7-8-16(12-15(14)2)18(23)21-11-5-10-19(13-21)9-4-6-17(22)20(19)3/h7-8,12H,4-6,9-11,13H2,1-3H3/t19-/m1/s1. The average Bonchev–Trinajstić information content (AvgIpc) is 2.55. The van der Waals surface area contributed by atoms with Crippen molar-refractivity contribution in [3.8, 4) is 0 Å². The predicted octanol–water partition coefficient (Wildman–Crippen LogP) is 2.92. The average molecular weight is 314 g/mol. The monoisotopic (exact) mass is 314 g/mol. The Bertz CT molecular complexity index is 636. The van der Waals surface area contributed by atoms with Crippen LogP contribution in [0.1, 0.15) is 53.6 Å². The van der Waals surface area contributed by atoms with Crippen LogP contribution >= 0.6 is 0 Å². The molecule has 2 aliphatic heterocycles. The summed E-state index contributed by atoms with van der Waals surface area (Å²) in [4.78, 5) is 28.9. The largest absolute Gasteiger partial charge is 0.338 e. The Kier molecular flexibility index (Phi) is 4.17. The molecule has 0 aromatic heterocycles. The quantitative estimate of drug-likeness (QED) is 0.799. The zero-order valence-electron chi connectivity index (χ0n) is 14.4. The number of nitrogens with zero attached hydrogens (tertiary/aromatic N) is 2. The third-order valence-corrected chi connectivity index (χ3v) is 5.71. The number of amides is 2. The molecule has 124 valence electrons. The van der Waals surface area contributed by atoms with Crippen LogP contribution in [0.25, 0.3) is 0 Å². The summed E-state index contributed by atoms with van der Waals surface area (Å²) in [5, 5.41) is 0. The third-order valence-electron chi connectivity index (χ3n) is 5.71. The molecule has 0 bridgehead atoms. The van der Waals surface area contributed by atoms with Gasteiger partial charge < -0.3 is 9.80 Å². The Morgan fingerprint density at radius 1 is 1.13 bits per heavy atom. The highest BCUT2D eigenvalue weighted by Gasteiger charge is 2.44. The van der Waals surface area contributed by atoms with Gasteiger partial charge in [-0.1, -0.05) is 6.07 Å². The summed E-state index contributed by atoms with van der Waals surface area (Å²) in [5.41, 5.74) is 2.96. The van der Waals surface area contributed by atoms with Gasteiger partial charge in [0.05, 0.1) is 5.54 Å². The minimum Gasteiger partial charge on any atom is -0.338 e. The number of aryl methyl sites for hydroxylation is 2. The molecule has 0 unspecified atom stereocenters. The second kappa shape index (κ2) is 5.99. The van der Waals surface area contributed by atoms with Crippen molar-refractivity contribution in [2.75, 3.05) is 20.1 Å². The molecule has 23 heavy (non-hydrogen) atoms. The van der Waals surface area contributed by atoms with Crippen LogP contribution in [0.2, 0.25) is 0 Å². The van der Waals surface area contributed by atoms with Crippen molar-refractivity contribution in [1.29, 1.82) is 0 Å². The van der Waals surface area contributed by atoms with E-state index >= 15 is 0 Å². The first-order valence-corrected chi connectivity index (χ1v) is 8.56. The van der Waals surface area contributed by atoms with Crippen molar-refractivity contribution in [3.63, 3.8) is 0 Å². The van der Waals surface area contributed by atoms with Crippen molar-refractivity contribution in [3.05, 3.63) is 34.9 Å². The maximum Gasteiger partial charge on any atom is 0.253 e. The summed E-state index contributed by atoms with van der Waals surface area (Å²) in [7, 11) is 1.91. The molecule has 1 atom stereocenters. The highest BCUT2D eigenvalue weighted by atomic mass is 16.2. The number of hydrogen-bond acceptors (Lipinski definition) is 2. The van der Waals surface area contributed by atoms with Crippen molar-refractivity contribution >= 4 is 11.8 Å². The molecule has 1 aromatic carbocycles. The number of hydrogen-bond donors (Lipinski definition) is 0. The fourth-order valence-electron chi connectivity index (χ4n) is 3.99. The first-order valence-electron chi connectivity index (χ1n) is 8.56. The molecule has 0 N–H and O–H groups in total. The van der Waals surface area contributed by atoms with Gasteiger partial charge in [0.2, 0.25) is 5.91 Å². The lowest BCUT2D eigenvalue weighted by atomic mass is 9.80. The van der Waals surface area contributed by atoms with Crippen LogP contribution in [0.15, 0.2) is 18.2 Å². The van der Waals surface area contributed by atoms with Gasteiger partial charge in [0.15, 0.2) is 0 Å². The molecule has 2 fully saturated rings. The van der Waals surface area contributed by atoms with Crippen LogP contribution < -0.4 is 0 Å². The number of carbonyl (C=O) groups is 2. The molecule has 2 amide bonds. The van der Waals surface area contributed by atoms with E-state index in [9.17, 15) is 9.59 Å². The Morgan fingerprint density at radius 3 is 2.61 bits per heavy atom. The number of likely N-dealkylation sites (N-methyl/N-ethyl adjacent to an activating group) is 1. The molecule has 0 saturated carbocycles. The molecule has 4 nitrogen and oxygen atoms in total. The molecule has 1 spiro atoms. The van der Waals surface area contributed by atoms with Crippen LogP contribution in [0.3, 0.4) is 0 Å². The Balaban J connectivity index is 1.81. The van der Waals surface area contributed by atoms with Crippen LogP contribution in [0, 0.1) is 13.8 Å². The molecular formula is C19H26N2O2. The molecule has 0 radical (unpaired) electrons. The minimum absolute atomic E-state index is 0.0959. The summed E-state index contributed by atoms with van der Waals surface area (Å²) >= 11 is 0. The van der Waals surface area contributed by atoms with E-state index in [1.807, 2.05) is 42.0 Å². The summed E-state index contributed by atoms with van der Waals surface area (Å²) < 4.78 is 0. The Morgan fingerprint density at radius 2 is 1.87 bits per heavy atom. The fraction of sp³-hybridized carbons (Fsp3) is 0.579. The van der Waals surface area contributed by atoms with Gasteiger partial charge in [-0.15, -0.1) is 0 Å². The lowest BCUT2D eigenvalue weighted by Gasteiger charge is -2.50. The van der Waals surface area contributed by atoms with E-state index in [4.69, 9.17) is 0 Å². The van der Waals surface area contributed by atoms with Gasteiger partial charge in [-0.05, 0) is 62.8 Å². The van der Waals surface area contributed by atoms with Gasteiger partial charge in [-0.25, -0.2) is 0 Å². The molecule has 2 aliphatic rings. The molecule has 3 rings (SSSR count). The summed E-state index contributed by atoms with van der Waals surface area (Å²) in [6.45, 7) is 5.55. The van der Waals surface area contributed by atoms with E-state index < -0.39 is 0 Å². The predicted molar refractivity (Wildman–Crippen MR) is 90.4 cm³/mol. The molecule has 1 aromatic rings. The van der Waals surface area contributed by atoms with E-state index in [1.165, 1.54) is 5.56 Å². The Hall–Kier alpha value is -1.84. The normalized spacial score (nSPS) is 25.1. The van der Waals surface area contributed by atoms with E-state index in [2.05, 4.69) is 6.92 Å². The van der Waals surface area contributed by atoms with Gasteiger partial charge in [0.25, 0.3) is 5.91 Å². The van der Waals surface area contributed by atoms with E-state index in [0.717, 1.165) is 43.4 Å². The Labute approximate surface area is 138 Å². The number of piperidine rings is 2. The molecular weight excluding hydrogens is 288 g/mol. The zero-order chi connectivity index (χ0) is 16.6. The lowest BCUT2D eigenvalue weighted by Crippen LogP contribution is -2.61. The van der Waals surface area contributed by atoms with E-state index in [-0.39, 0.29) is 17.4 Å². The summed E-state index contributed by atoms with van der Waals surface area (Å²) in [5.74, 6) is 0.315. The van der Waals surface area contributed by atoms with Crippen molar-refractivity contribution in [2.24, 2.45) is 0 Å². The van der Waals surface area contributed by atoms with Gasteiger partial charge in [-0.3, -0.25) is 9.59 Å². The molecule has 4 heteroatoms. The smallest absolute Gasteiger partial charge is 0.253 e. The van der Waals surface area contributed by atoms with Gasteiger partial charge in [-0.2, -0.15) is 0 Å². The third kappa shape index (κ3) is 2.87. The number of likely N-dealkylation sites (tertiary alicyclic amines) is 2. The second-order valence-electron chi connectivity index (χ2n) is 7.16. The van der Waals surface area contributed by atoms with Crippen molar-refractivity contribution in [2.45, 2.75) is 51.5 Å². The van der Waals surface area contributed by atoms with Gasteiger partial charge >= 0.3 is 0 Å². The zero-order valence-corrected chi connectivity index (χ0v) is 14.4. The highest BCUT2D eigenvalue weighted by molar-refractivity contribution is 5.94. The lowest BCUT2D eigenvalue weighted by molar-refractivity contribution is -0.142. The van der Waals surface area contributed by atoms with Crippen molar-refractivity contribution < 1.29 is 9.59 Å². The molecule has 2 saturated heterocycles. The highest BCUT2D eigenvalue weighted by Crippen LogP contribution is 2.36. The molecule has 2 heterocycles. The maximum atomic E-state index is 12.9. The van der Waals surface area contributed by atoms with Crippen LogP contribution in [-0.4, -0.2) is 47.3 Å². The summed E-state index contributed by atoms with van der Waals surface area (Å²) in [6, 6.07) is 5.91. The molecule has 0 aliphatic carbocycles. The van der Waals surface area contributed by atoms with Crippen molar-refractivity contribution in [1.82, 2.24) is 9.80 Å². The maximum absolute atomic E-state index is 12.9. The van der Waals surface area contributed by atoms with E-state index in [0.29, 0.717) is 13.0 Å². The van der Waals surface area contributed by atoms with Crippen LogP contribution in [0.5, 0.6) is 0 Å². The fourth-order valence-corrected chi connectivity index (χ4v) is 3.99. The second-order valence-corrected chi connectivity index (χ2v) is 7.16. The topological polar surface area (TPSA) is 40.6 Å².